The first-order valence-electron chi connectivity index (χ1n) is 12.8. The van der Waals surface area contributed by atoms with Crippen LogP contribution in [0, 0.1) is 12.8 Å². The maximum atomic E-state index is 12.6. The van der Waals surface area contributed by atoms with Gasteiger partial charge in [-0.25, -0.2) is 4.79 Å². The minimum absolute atomic E-state index is 0.0860. The van der Waals surface area contributed by atoms with Gasteiger partial charge in [0.1, 0.15) is 11.3 Å². The molecule has 8 nitrogen and oxygen atoms in total. The summed E-state index contributed by atoms with van der Waals surface area (Å²) in [6, 6.07) is 5.13. The Bertz CT molecular complexity index is 1140. The number of benzene rings is 1. The lowest BCUT2D eigenvalue weighted by Crippen LogP contribution is -2.54. The number of ether oxygens (including phenoxy) is 1. The van der Waals surface area contributed by atoms with E-state index >= 15 is 0 Å². The Morgan fingerprint density at radius 2 is 2.11 bits per heavy atom. The normalized spacial score (nSPS) is 22.0. The van der Waals surface area contributed by atoms with Gasteiger partial charge in [-0.05, 0) is 56.7 Å². The molecule has 35 heavy (non-hydrogen) atoms. The van der Waals surface area contributed by atoms with Crippen molar-refractivity contribution in [2.75, 3.05) is 26.2 Å². The Balaban J connectivity index is 1.21. The monoisotopic (exact) mass is 484 g/mol. The van der Waals surface area contributed by atoms with Crippen molar-refractivity contribution in [3.8, 4) is 5.75 Å². The van der Waals surface area contributed by atoms with Crippen LogP contribution in [-0.4, -0.2) is 53.7 Å². The summed E-state index contributed by atoms with van der Waals surface area (Å²) in [5.41, 5.74) is 1.09. The Kier molecular flexibility index (Phi) is 7.79. The van der Waals surface area contributed by atoms with E-state index in [1.54, 1.807) is 13.0 Å². The van der Waals surface area contributed by atoms with Crippen molar-refractivity contribution in [3.05, 3.63) is 39.7 Å². The van der Waals surface area contributed by atoms with Crippen LogP contribution in [0.3, 0.4) is 0 Å². The molecule has 2 aromatic rings. The number of aliphatic hydroxyl groups is 1. The number of nitrogens with zero attached hydrogens (tertiary/aromatic N) is 1. The number of fused-ring (bicyclic) bond motifs is 2. The van der Waals surface area contributed by atoms with E-state index in [4.69, 9.17) is 9.15 Å². The molecule has 2 amide bonds. The standard InChI is InChI=1S/C27H36N2O6/c1-3-19-15-25(32)35-26-18(2)22(10-9-21(19)26)34-17-23(30)28-13-6-8-24(31)29-14-12-27(33)11-5-4-7-20(27)16-29/h9-10,15,20,33H,3-8,11-14,16-17H2,1-2H3,(H,28,30)/t20-,27-/m1/s1. The molecular formula is C27H36N2O6. The maximum absolute atomic E-state index is 12.6. The van der Waals surface area contributed by atoms with E-state index in [2.05, 4.69) is 5.32 Å². The lowest BCUT2D eigenvalue weighted by atomic mass is 9.71. The van der Waals surface area contributed by atoms with E-state index in [1.165, 1.54) is 6.07 Å². The Morgan fingerprint density at radius 1 is 1.29 bits per heavy atom. The minimum atomic E-state index is -0.587. The number of carbonyl (C=O) groups is 2. The van der Waals surface area contributed by atoms with Crippen molar-refractivity contribution >= 4 is 22.8 Å². The SMILES string of the molecule is CCc1cc(=O)oc2c(C)c(OCC(=O)NCCCC(=O)N3CC[C@]4(O)CCCC[C@@H]4C3)ccc12. The van der Waals surface area contributed by atoms with E-state index in [-0.39, 0.29) is 24.3 Å². The molecule has 190 valence electrons. The molecule has 1 saturated heterocycles. The van der Waals surface area contributed by atoms with Gasteiger partial charge in [0.05, 0.1) is 5.60 Å². The zero-order valence-electron chi connectivity index (χ0n) is 20.7. The summed E-state index contributed by atoms with van der Waals surface area (Å²) in [6.45, 7) is 5.26. The summed E-state index contributed by atoms with van der Waals surface area (Å²) in [5, 5.41) is 14.5. The number of piperidine rings is 1. The van der Waals surface area contributed by atoms with Gasteiger partial charge < -0.3 is 24.5 Å². The first-order valence-corrected chi connectivity index (χ1v) is 12.8. The molecule has 2 heterocycles. The highest BCUT2D eigenvalue weighted by Gasteiger charge is 2.43. The van der Waals surface area contributed by atoms with Crippen LogP contribution in [0.2, 0.25) is 0 Å². The number of aryl methyl sites for hydroxylation is 2. The fourth-order valence-electron chi connectivity index (χ4n) is 5.47. The van der Waals surface area contributed by atoms with Crippen LogP contribution in [-0.2, 0) is 16.0 Å². The van der Waals surface area contributed by atoms with Crippen LogP contribution in [0.25, 0.3) is 11.0 Å². The van der Waals surface area contributed by atoms with Crippen LogP contribution >= 0.6 is 0 Å². The first kappa shape index (κ1) is 25.2. The molecule has 0 bridgehead atoms. The van der Waals surface area contributed by atoms with Crippen LogP contribution < -0.4 is 15.7 Å². The molecule has 2 aliphatic rings. The molecule has 1 aromatic carbocycles. The number of nitrogens with one attached hydrogen (secondary N) is 1. The fraction of sp³-hybridized carbons (Fsp3) is 0.593. The molecule has 0 radical (unpaired) electrons. The Hall–Kier alpha value is -2.87. The summed E-state index contributed by atoms with van der Waals surface area (Å²) < 4.78 is 11.1. The molecule has 2 fully saturated rings. The van der Waals surface area contributed by atoms with Gasteiger partial charge in [-0.1, -0.05) is 19.8 Å². The zero-order chi connectivity index (χ0) is 25.0. The number of rotatable bonds is 8. The second kappa shape index (κ2) is 10.8. The van der Waals surface area contributed by atoms with Crippen molar-refractivity contribution in [1.82, 2.24) is 10.2 Å². The molecule has 4 rings (SSSR count). The number of likely N-dealkylation sites (tertiary alicyclic amines) is 1. The summed E-state index contributed by atoms with van der Waals surface area (Å²) in [4.78, 5) is 38.6. The largest absolute Gasteiger partial charge is 0.483 e. The van der Waals surface area contributed by atoms with E-state index < -0.39 is 11.2 Å². The lowest BCUT2D eigenvalue weighted by Gasteiger charge is -2.47. The highest BCUT2D eigenvalue weighted by molar-refractivity contribution is 5.85. The quantitative estimate of drug-likeness (QED) is 0.440. The molecular weight excluding hydrogens is 448 g/mol. The maximum Gasteiger partial charge on any atom is 0.336 e. The predicted molar refractivity (Wildman–Crippen MR) is 132 cm³/mol. The molecule has 0 unspecified atom stereocenters. The van der Waals surface area contributed by atoms with Gasteiger partial charge in [-0.2, -0.15) is 0 Å². The van der Waals surface area contributed by atoms with E-state index in [9.17, 15) is 19.5 Å². The van der Waals surface area contributed by atoms with Gasteiger partial charge >= 0.3 is 5.63 Å². The average molecular weight is 485 g/mol. The number of carbonyl (C=O) groups excluding carboxylic acids is 2. The third kappa shape index (κ3) is 5.69. The van der Waals surface area contributed by atoms with Gasteiger partial charge in [0, 0.05) is 49.0 Å². The van der Waals surface area contributed by atoms with E-state index in [0.29, 0.717) is 62.2 Å². The van der Waals surface area contributed by atoms with Gasteiger partial charge in [0.2, 0.25) is 5.91 Å². The smallest absolute Gasteiger partial charge is 0.336 e. The lowest BCUT2D eigenvalue weighted by molar-refractivity contribution is -0.143. The van der Waals surface area contributed by atoms with E-state index in [1.807, 2.05) is 17.9 Å². The second-order valence-electron chi connectivity index (χ2n) is 9.89. The summed E-state index contributed by atoms with van der Waals surface area (Å²) in [5.74, 6) is 0.492. The average Bonchev–Trinajstić information content (AvgIpc) is 2.85. The number of hydrogen-bond acceptors (Lipinski definition) is 6. The molecule has 2 N–H and O–H groups in total. The minimum Gasteiger partial charge on any atom is -0.483 e. The van der Waals surface area contributed by atoms with Gasteiger partial charge in [0.15, 0.2) is 6.61 Å². The van der Waals surface area contributed by atoms with Gasteiger partial charge in [-0.15, -0.1) is 0 Å². The zero-order valence-corrected chi connectivity index (χ0v) is 20.7. The highest BCUT2D eigenvalue weighted by Crippen LogP contribution is 2.39. The molecule has 1 aliphatic heterocycles. The van der Waals surface area contributed by atoms with Gasteiger partial charge in [0.25, 0.3) is 5.91 Å². The summed E-state index contributed by atoms with van der Waals surface area (Å²) in [7, 11) is 0. The van der Waals surface area contributed by atoms with Crippen molar-refractivity contribution in [1.29, 1.82) is 0 Å². The molecule has 1 aromatic heterocycles. The van der Waals surface area contributed by atoms with Crippen LogP contribution in [0.1, 0.15) is 63.0 Å². The van der Waals surface area contributed by atoms with E-state index in [0.717, 1.165) is 36.6 Å². The molecule has 1 aliphatic carbocycles. The first-order chi connectivity index (χ1) is 16.8. The predicted octanol–water partition coefficient (Wildman–Crippen LogP) is 3.09. The highest BCUT2D eigenvalue weighted by atomic mass is 16.5. The molecule has 8 heteroatoms. The second-order valence-corrected chi connectivity index (χ2v) is 9.89. The molecule has 1 saturated carbocycles. The van der Waals surface area contributed by atoms with Crippen molar-refractivity contribution in [3.63, 3.8) is 0 Å². The third-order valence-corrected chi connectivity index (χ3v) is 7.61. The number of hydrogen-bond donors (Lipinski definition) is 2. The Morgan fingerprint density at radius 3 is 2.91 bits per heavy atom. The number of amides is 2. The van der Waals surface area contributed by atoms with Crippen molar-refractivity contribution in [2.45, 2.75) is 70.8 Å². The van der Waals surface area contributed by atoms with Crippen LogP contribution in [0.5, 0.6) is 5.75 Å². The van der Waals surface area contributed by atoms with Crippen molar-refractivity contribution in [2.24, 2.45) is 5.92 Å². The van der Waals surface area contributed by atoms with Gasteiger partial charge in [-0.3, -0.25) is 9.59 Å². The van der Waals surface area contributed by atoms with Crippen LogP contribution in [0.4, 0.5) is 0 Å². The third-order valence-electron chi connectivity index (χ3n) is 7.61. The molecule has 2 atom stereocenters. The van der Waals surface area contributed by atoms with Crippen LogP contribution in [0.15, 0.2) is 27.4 Å². The topological polar surface area (TPSA) is 109 Å². The summed E-state index contributed by atoms with van der Waals surface area (Å²) >= 11 is 0. The Labute approximate surface area is 205 Å². The molecule has 0 spiro atoms. The summed E-state index contributed by atoms with van der Waals surface area (Å²) in [6.07, 6.45) is 6.32. The fourth-order valence-corrected chi connectivity index (χ4v) is 5.47. The van der Waals surface area contributed by atoms with Crippen molar-refractivity contribution < 1.29 is 23.8 Å².